The summed E-state index contributed by atoms with van der Waals surface area (Å²) in [6.45, 7) is 1.57. The molecule has 0 radical (unpaired) electrons. The van der Waals surface area contributed by atoms with Crippen LogP contribution in [0.4, 0.5) is 18.9 Å². The molecule has 0 bridgehead atoms. The van der Waals surface area contributed by atoms with Crippen molar-refractivity contribution >= 4 is 21.6 Å². The van der Waals surface area contributed by atoms with Crippen molar-refractivity contribution in [2.45, 2.75) is 38.4 Å². The Kier molecular flexibility index (Phi) is 5.24. The van der Waals surface area contributed by atoms with Crippen molar-refractivity contribution in [2.75, 3.05) is 18.1 Å². The Morgan fingerprint density at radius 1 is 1.29 bits per heavy atom. The highest BCUT2D eigenvalue weighted by molar-refractivity contribution is 7.88. The summed E-state index contributed by atoms with van der Waals surface area (Å²) in [5.74, 6) is -0.614. The van der Waals surface area contributed by atoms with Crippen LogP contribution in [-0.4, -0.2) is 37.5 Å². The molecule has 1 saturated heterocycles. The Bertz CT molecular complexity index is 732. The third-order valence-electron chi connectivity index (χ3n) is 3.99. The second-order valence-electron chi connectivity index (χ2n) is 5.90. The van der Waals surface area contributed by atoms with Crippen LogP contribution < -0.4 is 5.32 Å². The second-order valence-corrected chi connectivity index (χ2v) is 7.84. The van der Waals surface area contributed by atoms with E-state index in [9.17, 15) is 26.4 Å². The van der Waals surface area contributed by atoms with Gasteiger partial charge in [-0.2, -0.15) is 17.5 Å². The van der Waals surface area contributed by atoms with E-state index in [1.807, 2.05) is 0 Å². The van der Waals surface area contributed by atoms with Crippen molar-refractivity contribution < 1.29 is 26.4 Å². The first kappa shape index (κ1) is 18.7. The molecule has 1 aliphatic heterocycles. The van der Waals surface area contributed by atoms with Gasteiger partial charge in [-0.1, -0.05) is 12.5 Å². The first-order valence-electron chi connectivity index (χ1n) is 7.45. The lowest BCUT2D eigenvalue weighted by atomic mass is 10.0. The number of rotatable bonds is 3. The normalized spacial score (nSPS) is 20.0. The lowest BCUT2D eigenvalue weighted by molar-refractivity contribution is -0.138. The highest BCUT2D eigenvalue weighted by Gasteiger charge is 2.35. The fraction of sp³-hybridized carbons (Fsp3) is 0.533. The summed E-state index contributed by atoms with van der Waals surface area (Å²) < 4.78 is 63.5. The van der Waals surface area contributed by atoms with E-state index < -0.39 is 33.7 Å². The maximum absolute atomic E-state index is 12.9. The topological polar surface area (TPSA) is 66.5 Å². The standard InChI is InChI=1S/C15H19F3N2O3S/c1-10-6-7-11(9-12(10)15(16,17)18)19-14(21)13-5-3-4-8-20(13)24(2,22)23/h6-7,9,13H,3-5,8H2,1-2H3,(H,19,21). The van der Waals surface area contributed by atoms with E-state index in [1.165, 1.54) is 19.1 Å². The van der Waals surface area contributed by atoms with Gasteiger partial charge in [0.05, 0.1) is 11.8 Å². The van der Waals surface area contributed by atoms with Gasteiger partial charge in [0, 0.05) is 12.2 Å². The van der Waals surface area contributed by atoms with Crippen LogP contribution >= 0.6 is 0 Å². The summed E-state index contributed by atoms with van der Waals surface area (Å²) in [4.78, 5) is 12.4. The number of benzene rings is 1. The predicted molar refractivity (Wildman–Crippen MR) is 84.0 cm³/mol. The number of aryl methyl sites for hydroxylation is 1. The van der Waals surface area contributed by atoms with Crippen LogP contribution in [0.1, 0.15) is 30.4 Å². The van der Waals surface area contributed by atoms with Gasteiger partial charge in [0.2, 0.25) is 15.9 Å². The molecule has 5 nitrogen and oxygen atoms in total. The van der Waals surface area contributed by atoms with Gasteiger partial charge in [0.1, 0.15) is 6.04 Å². The van der Waals surface area contributed by atoms with Crippen LogP contribution in [0.15, 0.2) is 18.2 Å². The van der Waals surface area contributed by atoms with E-state index in [4.69, 9.17) is 0 Å². The van der Waals surface area contributed by atoms with Crippen molar-refractivity contribution in [1.29, 1.82) is 0 Å². The molecule has 1 atom stereocenters. The van der Waals surface area contributed by atoms with Crippen LogP contribution in [0, 0.1) is 6.92 Å². The molecular formula is C15H19F3N2O3S. The molecular weight excluding hydrogens is 345 g/mol. The number of halogens is 3. The van der Waals surface area contributed by atoms with E-state index in [0.29, 0.717) is 19.3 Å². The van der Waals surface area contributed by atoms with Crippen molar-refractivity contribution in [2.24, 2.45) is 0 Å². The number of hydrogen-bond donors (Lipinski definition) is 1. The van der Waals surface area contributed by atoms with Gasteiger partial charge in [-0.3, -0.25) is 4.79 Å². The Balaban J connectivity index is 2.23. The van der Waals surface area contributed by atoms with Crippen molar-refractivity contribution in [3.8, 4) is 0 Å². The monoisotopic (exact) mass is 364 g/mol. The Morgan fingerprint density at radius 2 is 1.96 bits per heavy atom. The molecule has 1 heterocycles. The fourth-order valence-corrected chi connectivity index (χ4v) is 3.92. The van der Waals surface area contributed by atoms with Crippen LogP contribution in [0.2, 0.25) is 0 Å². The van der Waals surface area contributed by atoms with Crippen molar-refractivity contribution in [1.82, 2.24) is 4.31 Å². The predicted octanol–water partition coefficient (Wildman–Crippen LogP) is 2.77. The summed E-state index contributed by atoms with van der Waals surface area (Å²) in [7, 11) is -3.56. The second kappa shape index (κ2) is 6.72. The van der Waals surface area contributed by atoms with Crippen LogP contribution in [0.5, 0.6) is 0 Å². The molecule has 0 aromatic heterocycles. The smallest absolute Gasteiger partial charge is 0.325 e. The summed E-state index contributed by atoms with van der Waals surface area (Å²) in [6, 6.07) is 2.61. The van der Waals surface area contributed by atoms with E-state index in [-0.39, 0.29) is 17.8 Å². The van der Waals surface area contributed by atoms with Crippen LogP contribution in [0.3, 0.4) is 0 Å². The third-order valence-corrected chi connectivity index (χ3v) is 5.28. The van der Waals surface area contributed by atoms with Crippen LogP contribution in [0.25, 0.3) is 0 Å². The number of carbonyl (C=O) groups excluding carboxylic acids is 1. The number of nitrogens with zero attached hydrogens (tertiary/aromatic N) is 1. The Morgan fingerprint density at radius 3 is 2.54 bits per heavy atom. The van der Waals surface area contributed by atoms with Gasteiger partial charge in [-0.05, 0) is 37.5 Å². The number of piperidine rings is 1. The molecule has 2 rings (SSSR count). The Labute approximate surface area is 138 Å². The number of nitrogens with one attached hydrogen (secondary N) is 1. The summed E-state index contributed by atoms with van der Waals surface area (Å²) in [6.07, 6.45) is -1.82. The average Bonchev–Trinajstić information content (AvgIpc) is 2.47. The molecule has 1 aromatic rings. The molecule has 0 saturated carbocycles. The molecule has 0 aliphatic carbocycles. The zero-order chi connectivity index (χ0) is 18.1. The SMILES string of the molecule is Cc1ccc(NC(=O)C2CCCCN2S(C)(=O)=O)cc1C(F)(F)F. The minimum atomic E-state index is -4.52. The molecule has 1 fully saturated rings. The van der Waals surface area contributed by atoms with Crippen molar-refractivity contribution in [3.05, 3.63) is 29.3 Å². The summed E-state index contributed by atoms with van der Waals surface area (Å²) in [5.41, 5.74) is -0.781. The quantitative estimate of drug-likeness (QED) is 0.897. The van der Waals surface area contributed by atoms with E-state index >= 15 is 0 Å². The molecule has 0 spiro atoms. The molecule has 1 aliphatic rings. The highest BCUT2D eigenvalue weighted by Crippen LogP contribution is 2.33. The van der Waals surface area contributed by atoms with Gasteiger partial charge in [-0.25, -0.2) is 8.42 Å². The van der Waals surface area contributed by atoms with Gasteiger partial charge in [0.15, 0.2) is 0 Å². The first-order chi connectivity index (χ1) is 11.0. The first-order valence-corrected chi connectivity index (χ1v) is 9.30. The maximum Gasteiger partial charge on any atom is 0.416 e. The van der Waals surface area contributed by atoms with Crippen molar-refractivity contribution in [3.63, 3.8) is 0 Å². The number of alkyl halides is 3. The number of sulfonamides is 1. The largest absolute Gasteiger partial charge is 0.416 e. The molecule has 9 heteroatoms. The number of hydrogen-bond acceptors (Lipinski definition) is 3. The van der Waals surface area contributed by atoms with Crippen LogP contribution in [-0.2, 0) is 21.0 Å². The maximum atomic E-state index is 12.9. The molecule has 1 unspecified atom stereocenters. The number of anilines is 1. The summed E-state index contributed by atoms with van der Waals surface area (Å²) in [5, 5.41) is 2.41. The number of amides is 1. The molecule has 1 N–H and O–H groups in total. The zero-order valence-electron chi connectivity index (χ0n) is 13.4. The third kappa shape index (κ3) is 4.27. The van der Waals surface area contributed by atoms with E-state index in [0.717, 1.165) is 16.6 Å². The zero-order valence-corrected chi connectivity index (χ0v) is 14.2. The summed E-state index contributed by atoms with van der Waals surface area (Å²) >= 11 is 0. The van der Waals surface area contributed by atoms with Gasteiger partial charge >= 0.3 is 6.18 Å². The van der Waals surface area contributed by atoms with E-state index in [2.05, 4.69) is 5.32 Å². The molecule has 1 aromatic carbocycles. The lowest BCUT2D eigenvalue weighted by Gasteiger charge is -2.32. The minimum absolute atomic E-state index is 0.00282. The van der Waals surface area contributed by atoms with Gasteiger partial charge < -0.3 is 5.32 Å². The highest BCUT2D eigenvalue weighted by atomic mass is 32.2. The van der Waals surface area contributed by atoms with E-state index in [1.54, 1.807) is 0 Å². The molecule has 134 valence electrons. The minimum Gasteiger partial charge on any atom is -0.325 e. The lowest BCUT2D eigenvalue weighted by Crippen LogP contribution is -2.49. The average molecular weight is 364 g/mol. The number of carbonyl (C=O) groups is 1. The molecule has 1 amide bonds. The molecule has 24 heavy (non-hydrogen) atoms. The van der Waals surface area contributed by atoms with Gasteiger partial charge in [0.25, 0.3) is 0 Å². The van der Waals surface area contributed by atoms with Gasteiger partial charge in [-0.15, -0.1) is 0 Å². The Hall–Kier alpha value is -1.61. The fourth-order valence-electron chi connectivity index (χ4n) is 2.79.